The van der Waals surface area contributed by atoms with E-state index in [4.69, 9.17) is 0 Å². The molecule has 17 heavy (non-hydrogen) atoms. The molecule has 2 aromatic heterocycles. The van der Waals surface area contributed by atoms with Crippen molar-refractivity contribution in [3.63, 3.8) is 0 Å². The van der Waals surface area contributed by atoms with Gasteiger partial charge < -0.3 is 9.72 Å². The summed E-state index contributed by atoms with van der Waals surface area (Å²) >= 11 is 0. The highest BCUT2D eigenvalue weighted by atomic mass is 15.0. The van der Waals surface area contributed by atoms with E-state index in [2.05, 4.69) is 41.7 Å². The van der Waals surface area contributed by atoms with Gasteiger partial charge in [0.05, 0.1) is 5.69 Å². The Hall–Kier alpha value is -1.35. The van der Waals surface area contributed by atoms with Crippen LogP contribution in [-0.4, -0.2) is 14.9 Å². The lowest BCUT2D eigenvalue weighted by Gasteiger charge is -2.27. The predicted octanol–water partition coefficient (Wildman–Crippen LogP) is 3.00. The average Bonchev–Trinajstić information content (AvgIpc) is 2.79. The topological polar surface area (TPSA) is 29.3 Å². The third-order valence-corrected chi connectivity index (χ3v) is 3.67. The van der Waals surface area contributed by atoms with E-state index in [0.29, 0.717) is 0 Å². The van der Waals surface area contributed by atoms with Gasteiger partial charge in [-0.2, -0.15) is 0 Å². The molecule has 3 heteroatoms. The molecule has 2 rings (SSSR count). The van der Waals surface area contributed by atoms with Crippen LogP contribution in [0, 0.1) is 0 Å². The Morgan fingerprint density at radius 1 is 1.29 bits per heavy atom. The largest absolute Gasteiger partial charge is 0.307 e. The Labute approximate surface area is 103 Å². The molecule has 0 fully saturated rings. The number of imidazole rings is 1. The maximum Gasteiger partial charge on any atom is 0.137 e. The molecule has 0 spiro atoms. The van der Waals surface area contributed by atoms with Crippen molar-refractivity contribution in [1.82, 2.24) is 14.7 Å². The molecule has 0 amide bonds. The molecular formula is C14H21N3. The second kappa shape index (κ2) is 4.88. The van der Waals surface area contributed by atoms with Gasteiger partial charge in [-0.15, -0.1) is 0 Å². The van der Waals surface area contributed by atoms with Crippen molar-refractivity contribution in [3.05, 3.63) is 36.3 Å². The summed E-state index contributed by atoms with van der Waals surface area (Å²) in [7, 11) is 0. The minimum atomic E-state index is 0.218. The standard InChI is InChI=1S/C14H21N3/c1-4-14(3,5-2)15-10-12-11-17-9-7-6-8-13(17)16-12/h6-9,11,15H,4-5,10H2,1-3H3. The van der Waals surface area contributed by atoms with E-state index in [1.807, 2.05) is 24.4 Å². The van der Waals surface area contributed by atoms with Crippen LogP contribution in [0.1, 0.15) is 39.3 Å². The van der Waals surface area contributed by atoms with Gasteiger partial charge in [0.25, 0.3) is 0 Å². The lowest BCUT2D eigenvalue weighted by molar-refractivity contribution is 0.328. The Morgan fingerprint density at radius 2 is 2.06 bits per heavy atom. The van der Waals surface area contributed by atoms with Crippen LogP contribution in [-0.2, 0) is 6.54 Å². The van der Waals surface area contributed by atoms with Crippen LogP contribution in [0.3, 0.4) is 0 Å². The maximum absolute atomic E-state index is 4.58. The number of pyridine rings is 1. The molecule has 0 unspecified atom stereocenters. The first-order chi connectivity index (χ1) is 8.17. The number of aromatic nitrogens is 2. The first-order valence-corrected chi connectivity index (χ1v) is 6.34. The summed E-state index contributed by atoms with van der Waals surface area (Å²) < 4.78 is 2.06. The van der Waals surface area contributed by atoms with E-state index in [-0.39, 0.29) is 5.54 Å². The molecule has 3 nitrogen and oxygen atoms in total. The van der Waals surface area contributed by atoms with Gasteiger partial charge in [-0.3, -0.25) is 0 Å². The van der Waals surface area contributed by atoms with Crippen molar-refractivity contribution in [2.24, 2.45) is 0 Å². The van der Waals surface area contributed by atoms with Gasteiger partial charge in [-0.1, -0.05) is 19.9 Å². The van der Waals surface area contributed by atoms with Crippen molar-refractivity contribution in [2.45, 2.75) is 45.7 Å². The van der Waals surface area contributed by atoms with E-state index in [1.54, 1.807) is 0 Å². The van der Waals surface area contributed by atoms with Gasteiger partial charge in [0, 0.05) is 24.5 Å². The first-order valence-electron chi connectivity index (χ1n) is 6.34. The number of nitrogens with one attached hydrogen (secondary N) is 1. The van der Waals surface area contributed by atoms with Gasteiger partial charge >= 0.3 is 0 Å². The Kier molecular flexibility index (Phi) is 3.48. The summed E-state index contributed by atoms with van der Waals surface area (Å²) in [6.07, 6.45) is 6.40. The normalized spacial score (nSPS) is 12.2. The fourth-order valence-electron chi connectivity index (χ4n) is 1.88. The molecule has 0 saturated carbocycles. The van der Waals surface area contributed by atoms with E-state index < -0.39 is 0 Å². The summed E-state index contributed by atoms with van der Waals surface area (Å²) in [6, 6.07) is 6.07. The number of hydrogen-bond acceptors (Lipinski definition) is 2. The quantitative estimate of drug-likeness (QED) is 0.857. The van der Waals surface area contributed by atoms with Crippen molar-refractivity contribution in [1.29, 1.82) is 0 Å². The van der Waals surface area contributed by atoms with Crippen LogP contribution in [0.25, 0.3) is 5.65 Å². The van der Waals surface area contributed by atoms with Crippen LogP contribution >= 0.6 is 0 Å². The van der Waals surface area contributed by atoms with Crippen LogP contribution in [0.15, 0.2) is 30.6 Å². The van der Waals surface area contributed by atoms with E-state index in [9.17, 15) is 0 Å². The zero-order chi connectivity index (χ0) is 12.3. The average molecular weight is 231 g/mol. The summed E-state index contributed by atoms with van der Waals surface area (Å²) in [5, 5.41) is 3.60. The SMILES string of the molecule is CCC(C)(CC)NCc1cn2ccccc2n1. The zero-order valence-corrected chi connectivity index (χ0v) is 10.9. The molecule has 1 N–H and O–H groups in total. The summed E-state index contributed by atoms with van der Waals surface area (Å²) in [5.74, 6) is 0. The molecular weight excluding hydrogens is 210 g/mol. The number of fused-ring (bicyclic) bond motifs is 1. The van der Waals surface area contributed by atoms with Crippen molar-refractivity contribution < 1.29 is 0 Å². The van der Waals surface area contributed by atoms with Crippen LogP contribution < -0.4 is 5.32 Å². The van der Waals surface area contributed by atoms with Gasteiger partial charge in [0.1, 0.15) is 5.65 Å². The Morgan fingerprint density at radius 3 is 2.71 bits per heavy atom. The van der Waals surface area contributed by atoms with Crippen LogP contribution in [0.5, 0.6) is 0 Å². The third kappa shape index (κ3) is 2.67. The molecule has 0 radical (unpaired) electrons. The molecule has 0 aliphatic rings. The predicted molar refractivity (Wildman–Crippen MR) is 71.0 cm³/mol. The van der Waals surface area contributed by atoms with Crippen LogP contribution in [0.4, 0.5) is 0 Å². The van der Waals surface area contributed by atoms with E-state index in [1.165, 1.54) is 0 Å². The second-order valence-electron chi connectivity index (χ2n) is 4.82. The van der Waals surface area contributed by atoms with E-state index in [0.717, 1.165) is 30.7 Å². The highest BCUT2D eigenvalue weighted by Gasteiger charge is 2.18. The van der Waals surface area contributed by atoms with Gasteiger partial charge in [0.15, 0.2) is 0 Å². The lowest BCUT2D eigenvalue weighted by Crippen LogP contribution is -2.40. The van der Waals surface area contributed by atoms with Gasteiger partial charge in [0.2, 0.25) is 0 Å². The molecule has 0 saturated heterocycles. The summed E-state index contributed by atoms with van der Waals surface area (Å²) in [5.41, 5.74) is 2.33. The Balaban J connectivity index is 2.09. The fourth-order valence-corrected chi connectivity index (χ4v) is 1.88. The molecule has 92 valence electrons. The highest BCUT2D eigenvalue weighted by molar-refractivity contribution is 5.39. The first kappa shape index (κ1) is 12.1. The fraction of sp³-hybridized carbons (Fsp3) is 0.500. The Bertz CT molecular complexity index is 450. The lowest BCUT2D eigenvalue weighted by atomic mass is 9.95. The van der Waals surface area contributed by atoms with Crippen molar-refractivity contribution >= 4 is 5.65 Å². The zero-order valence-electron chi connectivity index (χ0n) is 10.9. The molecule has 0 aromatic carbocycles. The molecule has 0 bridgehead atoms. The second-order valence-corrected chi connectivity index (χ2v) is 4.82. The molecule has 2 aromatic rings. The van der Waals surface area contributed by atoms with Gasteiger partial charge in [-0.25, -0.2) is 4.98 Å². The molecule has 0 atom stereocenters. The van der Waals surface area contributed by atoms with Crippen molar-refractivity contribution in [3.8, 4) is 0 Å². The van der Waals surface area contributed by atoms with Crippen LogP contribution in [0.2, 0.25) is 0 Å². The molecule has 2 heterocycles. The smallest absolute Gasteiger partial charge is 0.137 e. The van der Waals surface area contributed by atoms with Gasteiger partial charge in [-0.05, 0) is 31.9 Å². The number of hydrogen-bond donors (Lipinski definition) is 1. The summed E-state index contributed by atoms with van der Waals surface area (Å²) in [6.45, 7) is 7.54. The molecule has 0 aliphatic heterocycles. The number of rotatable bonds is 5. The third-order valence-electron chi connectivity index (χ3n) is 3.67. The van der Waals surface area contributed by atoms with E-state index >= 15 is 0 Å². The maximum atomic E-state index is 4.58. The minimum Gasteiger partial charge on any atom is -0.307 e. The van der Waals surface area contributed by atoms with Crippen molar-refractivity contribution in [2.75, 3.05) is 0 Å². The molecule has 0 aliphatic carbocycles. The monoisotopic (exact) mass is 231 g/mol. The number of nitrogens with zero attached hydrogens (tertiary/aromatic N) is 2. The highest BCUT2D eigenvalue weighted by Crippen LogP contribution is 2.14. The summed E-state index contributed by atoms with van der Waals surface area (Å²) in [4.78, 5) is 4.58. The minimum absolute atomic E-state index is 0.218.